The minimum absolute atomic E-state index is 0.0710. The maximum atomic E-state index is 14.0. The Labute approximate surface area is 210 Å². The number of aryl methyl sites for hydroxylation is 1. The first-order chi connectivity index (χ1) is 16.9. The van der Waals surface area contributed by atoms with E-state index in [0.29, 0.717) is 22.0 Å². The lowest BCUT2D eigenvalue weighted by Crippen LogP contribution is -2.22. The van der Waals surface area contributed by atoms with Crippen molar-refractivity contribution in [2.45, 2.75) is 58.4 Å². The second-order valence-electron chi connectivity index (χ2n) is 9.03. The van der Waals surface area contributed by atoms with Crippen LogP contribution in [-0.4, -0.2) is 27.7 Å². The number of hydrogen-bond acceptors (Lipinski definition) is 3. The van der Waals surface area contributed by atoms with E-state index in [2.05, 4.69) is 23.9 Å². The molecule has 2 N–H and O–H groups in total. The highest BCUT2D eigenvalue weighted by Crippen LogP contribution is 2.37. The zero-order valence-electron chi connectivity index (χ0n) is 20.7. The molecule has 0 fully saturated rings. The zero-order chi connectivity index (χ0) is 25.1. The molecule has 7 heteroatoms. The van der Waals surface area contributed by atoms with Gasteiger partial charge in [0.25, 0.3) is 5.56 Å². The third kappa shape index (κ3) is 4.94. The van der Waals surface area contributed by atoms with E-state index in [-0.39, 0.29) is 17.4 Å². The summed E-state index contributed by atoms with van der Waals surface area (Å²) < 4.78 is 7.17. The van der Waals surface area contributed by atoms with Gasteiger partial charge in [0.15, 0.2) is 5.78 Å². The fourth-order valence-corrected chi connectivity index (χ4v) is 5.08. The van der Waals surface area contributed by atoms with Crippen LogP contribution in [-0.2, 0) is 0 Å². The molecule has 2 aromatic heterocycles. The second kappa shape index (κ2) is 10.6. The summed E-state index contributed by atoms with van der Waals surface area (Å²) >= 11 is 6.09. The van der Waals surface area contributed by atoms with Crippen molar-refractivity contribution in [3.05, 3.63) is 86.4 Å². The third-order valence-electron chi connectivity index (χ3n) is 6.61. The van der Waals surface area contributed by atoms with Crippen LogP contribution < -0.4 is 10.3 Å². The molecule has 0 bridgehead atoms. The smallest absolute Gasteiger partial charge is 0.267 e. The summed E-state index contributed by atoms with van der Waals surface area (Å²) in [4.78, 5) is 30.6. The van der Waals surface area contributed by atoms with Crippen LogP contribution in [0.5, 0.6) is 5.75 Å². The van der Waals surface area contributed by atoms with Gasteiger partial charge in [-0.2, -0.15) is 0 Å². The molecule has 0 aliphatic carbocycles. The Hall–Kier alpha value is -3.25. The summed E-state index contributed by atoms with van der Waals surface area (Å²) in [5.41, 5.74) is 3.60. The molecule has 35 heavy (non-hydrogen) atoms. The van der Waals surface area contributed by atoms with Gasteiger partial charge in [-0.1, -0.05) is 38.3 Å². The van der Waals surface area contributed by atoms with Gasteiger partial charge in [0.1, 0.15) is 5.75 Å². The molecule has 1 unspecified atom stereocenters. The summed E-state index contributed by atoms with van der Waals surface area (Å²) in [5, 5.41) is 4.79. The molecule has 0 aliphatic heterocycles. The standard InChI is InChI=1S/C28H32ClN3O3/c1-5-7-20(8-6-2)32-25(33)16-24(31-32)27(28(34)18-9-11-19(29)12-10-18)26-17(3)30-23-14-13-21(35-4)15-22(23)26/h9-16,20,27,30-31H,5-8H2,1-4H3. The first kappa shape index (κ1) is 24.9. The number of carbonyl (C=O) groups is 1. The molecule has 0 radical (unpaired) electrons. The molecule has 0 spiro atoms. The van der Waals surface area contributed by atoms with Crippen molar-refractivity contribution in [1.82, 2.24) is 14.8 Å². The number of H-pyrrole nitrogens is 2. The lowest BCUT2D eigenvalue weighted by molar-refractivity contribution is 0.0972. The Morgan fingerprint density at radius 3 is 2.37 bits per heavy atom. The molecule has 2 aromatic carbocycles. The average Bonchev–Trinajstić information content (AvgIpc) is 3.38. The highest BCUT2D eigenvalue weighted by Gasteiger charge is 2.31. The minimum atomic E-state index is -0.699. The van der Waals surface area contributed by atoms with Gasteiger partial charge in [0.2, 0.25) is 0 Å². The maximum absolute atomic E-state index is 14.0. The van der Waals surface area contributed by atoms with E-state index in [4.69, 9.17) is 16.3 Å². The number of benzene rings is 2. The number of carbonyl (C=O) groups excluding carboxylic acids is 1. The molecule has 4 rings (SSSR count). The Bertz CT molecular complexity index is 1370. The molecule has 0 saturated heterocycles. The van der Waals surface area contributed by atoms with Crippen molar-refractivity contribution in [2.24, 2.45) is 0 Å². The van der Waals surface area contributed by atoms with E-state index in [1.807, 2.05) is 25.1 Å². The average molecular weight is 494 g/mol. The van der Waals surface area contributed by atoms with Crippen LogP contribution in [0.2, 0.25) is 5.02 Å². The molecular weight excluding hydrogens is 462 g/mol. The zero-order valence-corrected chi connectivity index (χ0v) is 21.4. The second-order valence-corrected chi connectivity index (χ2v) is 9.47. The number of nitrogens with zero attached hydrogens (tertiary/aromatic N) is 1. The van der Waals surface area contributed by atoms with Gasteiger partial charge < -0.3 is 9.72 Å². The molecule has 0 aliphatic rings. The van der Waals surface area contributed by atoms with Gasteiger partial charge in [0, 0.05) is 33.2 Å². The van der Waals surface area contributed by atoms with Gasteiger partial charge >= 0.3 is 0 Å². The summed E-state index contributed by atoms with van der Waals surface area (Å²) in [5.74, 6) is -0.105. The number of aromatic nitrogens is 3. The number of ether oxygens (including phenoxy) is 1. The predicted molar refractivity (Wildman–Crippen MR) is 141 cm³/mol. The van der Waals surface area contributed by atoms with Crippen LogP contribution in [0, 0.1) is 6.92 Å². The highest BCUT2D eigenvalue weighted by molar-refractivity contribution is 6.30. The number of ketones is 1. The van der Waals surface area contributed by atoms with Crippen molar-refractivity contribution in [2.75, 3.05) is 7.11 Å². The molecule has 6 nitrogen and oxygen atoms in total. The molecule has 0 amide bonds. The van der Waals surface area contributed by atoms with Gasteiger partial charge in [-0.05, 0) is 67.8 Å². The largest absolute Gasteiger partial charge is 0.497 e. The lowest BCUT2D eigenvalue weighted by Gasteiger charge is -2.19. The van der Waals surface area contributed by atoms with Crippen LogP contribution in [0.4, 0.5) is 0 Å². The van der Waals surface area contributed by atoms with Gasteiger partial charge in [-0.25, -0.2) is 4.68 Å². The first-order valence-electron chi connectivity index (χ1n) is 12.1. The van der Waals surface area contributed by atoms with E-state index < -0.39 is 5.92 Å². The first-order valence-corrected chi connectivity index (χ1v) is 12.5. The van der Waals surface area contributed by atoms with Crippen LogP contribution in [0.25, 0.3) is 10.9 Å². The molecule has 2 heterocycles. The summed E-state index contributed by atoms with van der Waals surface area (Å²) in [6, 6.07) is 14.3. The fourth-order valence-electron chi connectivity index (χ4n) is 4.95. The lowest BCUT2D eigenvalue weighted by atomic mass is 9.86. The molecular formula is C28H32ClN3O3. The van der Waals surface area contributed by atoms with Gasteiger partial charge in [0.05, 0.1) is 24.8 Å². The summed E-state index contributed by atoms with van der Waals surface area (Å²) in [7, 11) is 1.62. The number of fused-ring (bicyclic) bond motifs is 1. The molecule has 184 valence electrons. The Kier molecular flexibility index (Phi) is 7.51. The number of methoxy groups -OCH3 is 1. The van der Waals surface area contributed by atoms with Crippen molar-refractivity contribution < 1.29 is 9.53 Å². The number of nitrogens with one attached hydrogen (secondary N) is 2. The van der Waals surface area contributed by atoms with E-state index in [9.17, 15) is 9.59 Å². The highest BCUT2D eigenvalue weighted by atomic mass is 35.5. The van der Waals surface area contributed by atoms with Gasteiger partial charge in [-0.3, -0.25) is 14.7 Å². The molecule has 0 saturated carbocycles. The van der Waals surface area contributed by atoms with Crippen LogP contribution in [0.1, 0.15) is 78.8 Å². The quantitative estimate of drug-likeness (QED) is 0.239. The molecule has 4 aromatic rings. The van der Waals surface area contributed by atoms with E-state index in [1.165, 1.54) is 0 Å². The van der Waals surface area contributed by atoms with E-state index in [1.54, 1.807) is 42.1 Å². The van der Waals surface area contributed by atoms with E-state index in [0.717, 1.165) is 47.8 Å². The number of rotatable bonds is 10. The van der Waals surface area contributed by atoms with Crippen molar-refractivity contribution >= 4 is 28.3 Å². The number of halogens is 1. The van der Waals surface area contributed by atoms with Crippen molar-refractivity contribution in [3.8, 4) is 5.75 Å². The van der Waals surface area contributed by atoms with Crippen LogP contribution >= 0.6 is 11.6 Å². The van der Waals surface area contributed by atoms with Crippen LogP contribution in [0.15, 0.2) is 53.3 Å². The Morgan fingerprint density at radius 2 is 1.74 bits per heavy atom. The number of aromatic amines is 2. The van der Waals surface area contributed by atoms with Crippen molar-refractivity contribution in [3.63, 3.8) is 0 Å². The van der Waals surface area contributed by atoms with Gasteiger partial charge in [-0.15, -0.1) is 0 Å². The van der Waals surface area contributed by atoms with Crippen molar-refractivity contribution in [1.29, 1.82) is 0 Å². The van der Waals surface area contributed by atoms with Crippen LogP contribution in [0.3, 0.4) is 0 Å². The monoisotopic (exact) mass is 493 g/mol. The van der Waals surface area contributed by atoms with E-state index >= 15 is 0 Å². The minimum Gasteiger partial charge on any atom is -0.497 e. The summed E-state index contributed by atoms with van der Waals surface area (Å²) in [6.45, 7) is 6.19. The Balaban J connectivity index is 1.92. The molecule has 1 atom stereocenters. The topological polar surface area (TPSA) is 79.9 Å². The number of hydrogen-bond donors (Lipinski definition) is 2. The maximum Gasteiger partial charge on any atom is 0.267 e. The normalized spacial score (nSPS) is 12.4. The SMILES string of the molecule is CCCC(CCC)n1[nH]c(C(C(=O)c2ccc(Cl)cc2)c2c(C)[nH]c3ccc(OC)cc23)cc1=O. The fraction of sp³-hybridized carbons (Fsp3) is 0.357. The third-order valence-corrected chi connectivity index (χ3v) is 6.86. The Morgan fingerprint density at radius 1 is 1.06 bits per heavy atom. The predicted octanol–water partition coefficient (Wildman–Crippen LogP) is 6.78. The number of Topliss-reactive ketones (excluding diaryl/α,β-unsaturated/α-hetero) is 1. The summed E-state index contributed by atoms with van der Waals surface area (Å²) in [6.07, 6.45) is 3.74.